The Hall–Kier alpha value is -2.37. The van der Waals surface area contributed by atoms with E-state index in [4.69, 9.17) is 16.1 Å². The summed E-state index contributed by atoms with van der Waals surface area (Å²) in [5, 5.41) is 16.9. The van der Waals surface area contributed by atoms with E-state index in [0.717, 1.165) is 22.4 Å². The van der Waals surface area contributed by atoms with E-state index in [1.807, 2.05) is 55.5 Å². The van der Waals surface area contributed by atoms with Gasteiger partial charge in [0.15, 0.2) is 0 Å². The van der Waals surface area contributed by atoms with E-state index in [-0.39, 0.29) is 5.88 Å². The minimum Gasteiger partial charge on any atom is -0.390 e. The van der Waals surface area contributed by atoms with Gasteiger partial charge in [-0.25, -0.2) is 0 Å². The number of hydrogen-bond acceptors (Lipinski definition) is 5. The number of hydrogen-bond donors (Lipinski definition) is 2. The molecule has 0 bridgehead atoms. The van der Waals surface area contributed by atoms with Gasteiger partial charge < -0.3 is 14.9 Å². The molecular weight excluding hydrogens is 326 g/mol. The third kappa shape index (κ3) is 3.58. The summed E-state index contributed by atoms with van der Waals surface area (Å²) in [6.07, 6.45) is -0.620. The van der Waals surface area contributed by atoms with Crippen LogP contribution < -0.4 is 5.32 Å². The lowest BCUT2D eigenvalue weighted by Gasteiger charge is -2.12. The van der Waals surface area contributed by atoms with Crippen molar-refractivity contribution < 1.29 is 9.63 Å². The predicted molar refractivity (Wildman–Crippen MR) is 95.1 cm³/mol. The number of aliphatic hydroxyl groups excluding tert-OH is 1. The monoisotopic (exact) mass is 343 g/mol. The van der Waals surface area contributed by atoms with Crippen LogP contribution in [0.3, 0.4) is 0 Å². The van der Waals surface area contributed by atoms with Gasteiger partial charge in [0.2, 0.25) is 5.82 Å². The SMILES string of the molecule is Cc1ccccc1-c1noc(-c2ccccc2NCC(O)CCl)n1. The van der Waals surface area contributed by atoms with Crippen molar-refractivity contribution in [3.8, 4) is 22.8 Å². The van der Waals surface area contributed by atoms with Gasteiger partial charge in [-0.3, -0.25) is 0 Å². The number of aryl methyl sites for hydroxylation is 1. The van der Waals surface area contributed by atoms with Crippen molar-refractivity contribution in [2.75, 3.05) is 17.7 Å². The molecule has 1 heterocycles. The Morgan fingerprint density at radius 3 is 2.58 bits per heavy atom. The van der Waals surface area contributed by atoms with Crippen LogP contribution in [0.1, 0.15) is 5.56 Å². The molecular formula is C18H18ClN3O2. The van der Waals surface area contributed by atoms with Crippen LogP contribution in [-0.2, 0) is 0 Å². The van der Waals surface area contributed by atoms with Crippen LogP contribution in [-0.4, -0.2) is 33.8 Å². The molecule has 1 aromatic heterocycles. The highest BCUT2D eigenvalue weighted by molar-refractivity contribution is 6.18. The molecule has 24 heavy (non-hydrogen) atoms. The highest BCUT2D eigenvalue weighted by Crippen LogP contribution is 2.29. The molecule has 2 N–H and O–H groups in total. The number of halogens is 1. The maximum atomic E-state index is 9.62. The lowest BCUT2D eigenvalue weighted by atomic mass is 10.1. The van der Waals surface area contributed by atoms with Crippen LogP contribution in [0.4, 0.5) is 5.69 Å². The largest absolute Gasteiger partial charge is 0.390 e. The fraction of sp³-hybridized carbons (Fsp3) is 0.222. The Morgan fingerprint density at radius 2 is 1.83 bits per heavy atom. The molecule has 3 aromatic rings. The van der Waals surface area contributed by atoms with Gasteiger partial charge in [-0.15, -0.1) is 11.6 Å². The van der Waals surface area contributed by atoms with E-state index >= 15 is 0 Å². The second-order valence-electron chi connectivity index (χ2n) is 5.47. The standard InChI is InChI=1S/C18H18ClN3O2/c1-12-6-2-3-7-14(12)17-21-18(24-22-17)15-8-4-5-9-16(15)20-11-13(23)10-19/h2-9,13,20,23H,10-11H2,1H3. The first-order valence-corrected chi connectivity index (χ1v) is 8.19. The lowest BCUT2D eigenvalue weighted by Crippen LogP contribution is -2.21. The number of alkyl halides is 1. The van der Waals surface area contributed by atoms with Gasteiger partial charge in [0.1, 0.15) is 0 Å². The summed E-state index contributed by atoms with van der Waals surface area (Å²) >= 11 is 5.63. The first kappa shape index (κ1) is 16.5. The number of nitrogens with one attached hydrogen (secondary N) is 1. The molecule has 1 unspecified atom stereocenters. The summed E-state index contributed by atoms with van der Waals surface area (Å²) in [6.45, 7) is 2.35. The summed E-state index contributed by atoms with van der Waals surface area (Å²) in [4.78, 5) is 4.51. The Bertz CT molecular complexity index is 819. The van der Waals surface area contributed by atoms with Crippen molar-refractivity contribution in [2.24, 2.45) is 0 Å². The molecule has 0 saturated carbocycles. The zero-order valence-electron chi connectivity index (χ0n) is 13.2. The smallest absolute Gasteiger partial charge is 0.260 e. The van der Waals surface area contributed by atoms with E-state index in [2.05, 4.69) is 15.5 Å². The lowest BCUT2D eigenvalue weighted by molar-refractivity contribution is 0.211. The Kier molecular flexibility index (Phi) is 5.13. The normalized spacial score (nSPS) is 12.1. The van der Waals surface area contributed by atoms with Gasteiger partial charge >= 0.3 is 0 Å². The molecule has 2 aromatic carbocycles. The second kappa shape index (κ2) is 7.47. The molecule has 0 radical (unpaired) electrons. The summed E-state index contributed by atoms with van der Waals surface area (Å²) in [7, 11) is 0. The average Bonchev–Trinajstić information content (AvgIpc) is 3.10. The van der Waals surface area contributed by atoms with Crippen LogP contribution in [0, 0.1) is 6.92 Å². The zero-order valence-corrected chi connectivity index (χ0v) is 14.0. The van der Waals surface area contributed by atoms with Crippen LogP contribution >= 0.6 is 11.6 Å². The van der Waals surface area contributed by atoms with Gasteiger partial charge in [-0.1, -0.05) is 41.6 Å². The maximum absolute atomic E-state index is 9.62. The summed E-state index contributed by atoms with van der Waals surface area (Å²) in [5.74, 6) is 1.16. The van der Waals surface area contributed by atoms with Crippen molar-refractivity contribution in [3.05, 3.63) is 54.1 Å². The number of para-hydroxylation sites is 1. The third-order valence-corrected chi connectivity index (χ3v) is 4.03. The first-order valence-electron chi connectivity index (χ1n) is 7.66. The Morgan fingerprint density at radius 1 is 1.12 bits per heavy atom. The minimum absolute atomic E-state index is 0.174. The molecule has 6 heteroatoms. The van der Waals surface area contributed by atoms with Crippen LogP contribution in [0.15, 0.2) is 53.1 Å². The average molecular weight is 344 g/mol. The number of benzene rings is 2. The quantitative estimate of drug-likeness (QED) is 0.667. The Balaban J connectivity index is 1.89. The topological polar surface area (TPSA) is 71.2 Å². The highest BCUT2D eigenvalue weighted by Gasteiger charge is 2.15. The van der Waals surface area contributed by atoms with E-state index < -0.39 is 6.10 Å². The van der Waals surface area contributed by atoms with E-state index in [1.54, 1.807) is 0 Å². The van der Waals surface area contributed by atoms with E-state index in [1.165, 1.54) is 0 Å². The summed E-state index contributed by atoms with van der Waals surface area (Å²) in [6, 6.07) is 15.5. The summed E-state index contributed by atoms with van der Waals surface area (Å²) < 4.78 is 5.44. The number of aliphatic hydroxyl groups is 1. The molecule has 0 spiro atoms. The van der Waals surface area contributed by atoms with E-state index in [9.17, 15) is 5.11 Å². The second-order valence-corrected chi connectivity index (χ2v) is 5.78. The number of rotatable bonds is 6. The van der Waals surface area contributed by atoms with Gasteiger partial charge in [0.25, 0.3) is 5.89 Å². The highest BCUT2D eigenvalue weighted by atomic mass is 35.5. The maximum Gasteiger partial charge on any atom is 0.260 e. The van der Waals surface area contributed by atoms with E-state index in [0.29, 0.717) is 18.3 Å². The van der Waals surface area contributed by atoms with Gasteiger partial charge in [-0.05, 0) is 24.6 Å². The van der Waals surface area contributed by atoms with Crippen molar-refractivity contribution in [3.63, 3.8) is 0 Å². The van der Waals surface area contributed by atoms with Crippen LogP contribution in [0.25, 0.3) is 22.8 Å². The molecule has 0 aliphatic rings. The van der Waals surface area contributed by atoms with Crippen LogP contribution in [0.5, 0.6) is 0 Å². The molecule has 1 atom stereocenters. The van der Waals surface area contributed by atoms with Gasteiger partial charge in [-0.2, -0.15) is 4.98 Å². The Labute approximate surface area is 145 Å². The first-order chi connectivity index (χ1) is 11.7. The van der Waals surface area contributed by atoms with Crippen molar-refractivity contribution >= 4 is 17.3 Å². The predicted octanol–water partition coefficient (Wildman–Crippen LogP) is 3.72. The minimum atomic E-state index is -0.620. The zero-order chi connectivity index (χ0) is 16.9. The molecule has 124 valence electrons. The fourth-order valence-electron chi connectivity index (χ4n) is 2.37. The molecule has 0 aliphatic carbocycles. The van der Waals surface area contributed by atoms with Gasteiger partial charge in [0.05, 0.1) is 17.5 Å². The fourth-order valence-corrected chi connectivity index (χ4v) is 2.48. The van der Waals surface area contributed by atoms with Crippen molar-refractivity contribution in [1.29, 1.82) is 0 Å². The molecule has 0 amide bonds. The molecule has 5 nitrogen and oxygen atoms in total. The third-order valence-electron chi connectivity index (χ3n) is 3.68. The molecule has 0 fully saturated rings. The summed E-state index contributed by atoms with van der Waals surface area (Å²) in [5.41, 5.74) is 3.62. The van der Waals surface area contributed by atoms with Crippen molar-refractivity contribution in [1.82, 2.24) is 10.1 Å². The molecule has 3 rings (SSSR count). The number of aromatic nitrogens is 2. The van der Waals surface area contributed by atoms with Gasteiger partial charge in [0, 0.05) is 17.8 Å². The molecule has 0 aliphatic heterocycles. The number of nitrogens with zero attached hydrogens (tertiary/aromatic N) is 2. The number of anilines is 1. The van der Waals surface area contributed by atoms with Crippen molar-refractivity contribution in [2.45, 2.75) is 13.0 Å². The molecule has 0 saturated heterocycles. The van der Waals surface area contributed by atoms with Crippen LogP contribution in [0.2, 0.25) is 0 Å².